The van der Waals surface area contributed by atoms with Crippen molar-refractivity contribution in [3.63, 3.8) is 0 Å². The summed E-state index contributed by atoms with van der Waals surface area (Å²) in [6, 6.07) is -10.9. The zero-order valence-electron chi connectivity index (χ0n) is 63.7. The SMILES string of the molecule is CCO[C@@H]1C[C@H]2C(=O)NC3(CCC3)C(=O)N(C)[C@@H](C3CCCC3)C(=O)N(C)[C@H](C(=O)N(C)C)CC(=O)N(C)[C@@H](CC)C(=O)N[C@@H]([C@@H](C)CC)C(=O)N(C)CC(=O)N(C)[C@H]3CCCCCN(C3=O)[C@@H](CC3CCC(F)CC3OC)C(=O)N(C)CC(=O)N[C@@H](CCC3CC(F)C(C(F)(F)F)C(F)C3)C(=O)N2C1. The molecule has 594 valence electrons. The lowest BCUT2D eigenvalue weighted by Crippen LogP contribution is -2.68. The van der Waals surface area contributed by atoms with Crippen LogP contribution in [0.25, 0.3) is 0 Å². The third-order valence-corrected chi connectivity index (χ3v) is 23.7. The van der Waals surface area contributed by atoms with Gasteiger partial charge in [0.25, 0.3) is 0 Å². The van der Waals surface area contributed by atoms with E-state index in [9.17, 15) is 41.9 Å². The number of likely N-dealkylation sites (N-methyl/N-ethyl adjacent to an activating group) is 7. The Kier molecular flexibility index (Phi) is 30.3. The molecule has 26 nitrogen and oxygen atoms in total. The fraction of sp³-hybridized carbons (Fsp3) is 0.836. The molecule has 0 aromatic rings. The Balaban J connectivity index is 1.32. The number of carbonyl (C=O) groups excluding carboxylic acids is 12. The molecule has 12 amide bonds. The highest BCUT2D eigenvalue weighted by atomic mass is 19.4. The highest BCUT2D eigenvalue weighted by Crippen LogP contribution is 2.45. The molecule has 3 heterocycles. The molecule has 5 unspecified atom stereocenters. The van der Waals surface area contributed by atoms with E-state index in [1.54, 1.807) is 27.7 Å². The number of carbonyl (C=O) groups is 12. The van der Waals surface area contributed by atoms with Gasteiger partial charge in [0.05, 0.1) is 31.7 Å². The van der Waals surface area contributed by atoms with E-state index >= 15 is 41.9 Å². The summed E-state index contributed by atoms with van der Waals surface area (Å²) in [6.45, 7) is 5.31. The van der Waals surface area contributed by atoms with Crippen LogP contribution >= 0.6 is 0 Å². The minimum absolute atomic E-state index is 0.00907. The van der Waals surface area contributed by atoms with Crippen LogP contribution in [0.5, 0.6) is 0 Å². The number of fused-ring (bicyclic) bond motifs is 3. The molecule has 3 N–H and O–H groups in total. The molecule has 4 aliphatic carbocycles. The highest BCUT2D eigenvalue weighted by molar-refractivity contribution is 6.01. The van der Waals surface area contributed by atoms with Crippen LogP contribution in [0.1, 0.15) is 175 Å². The van der Waals surface area contributed by atoms with Crippen molar-refractivity contribution in [3.8, 4) is 0 Å². The van der Waals surface area contributed by atoms with Crippen LogP contribution in [-0.2, 0) is 67.0 Å². The molecule has 105 heavy (non-hydrogen) atoms. The zero-order valence-corrected chi connectivity index (χ0v) is 63.7. The van der Waals surface area contributed by atoms with Crippen molar-refractivity contribution < 1.29 is 93.4 Å². The standard InChI is InChI=1S/C73H116F6N12O14/c1-14-42(4)61-69(101)85(8)41-59(94)87(10)52-25-18-17-21-32-90(68(52)100)55(35-45-27-28-46(74)36-56(45)104-13)67(99)84(7)40-57(92)80-50(29-26-43-33-48(75)60(49(76)34-43)73(77,78)79)65(97)91-39-47(105-16-3)37-53(91)64(96)82-72(30-22-31-72)71(103)89(12)62(44-23-19-20-24-44)70(102)88(11)54(66(98)83(5)6)38-58(93)86(9)51(15-2)63(95)81-61/h42-56,60-62H,14-41H2,1-13H3,(H,80,92)(H,81,95)(H,82,96)/t42-,43?,45?,46?,47+,48?,49?,50-,51-,52-,53-,54-,55-,56?,60?,61-,62-/m0/s1. The number of nitrogens with zero attached hydrogens (tertiary/aromatic N) is 9. The van der Waals surface area contributed by atoms with Crippen LogP contribution in [0.15, 0.2) is 0 Å². The number of nitrogens with one attached hydrogen (secondary N) is 3. The van der Waals surface area contributed by atoms with Crippen LogP contribution in [0.2, 0.25) is 0 Å². The quantitative estimate of drug-likeness (QED) is 0.210. The van der Waals surface area contributed by atoms with Gasteiger partial charge in [-0.25, -0.2) is 13.2 Å². The summed E-state index contributed by atoms with van der Waals surface area (Å²) in [5.41, 5.74) is -1.66. The highest BCUT2D eigenvalue weighted by Gasteiger charge is 2.56. The van der Waals surface area contributed by atoms with Gasteiger partial charge in [-0.2, -0.15) is 13.2 Å². The Morgan fingerprint density at radius 3 is 1.87 bits per heavy atom. The summed E-state index contributed by atoms with van der Waals surface area (Å²) in [7, 11) is 12.5. The Morgan fingerprint density at radius 1 is 0.648 bits per heavy atom. The third kappa shape index (κ3) is 20.3. The van der Waals surface area contributed by atoms with E-state index in [0.29, 0.717) is 57.8 Å². The normalized spacial score (nSPS) is 32.9. The molecule has 7 fully saturated rings. The number of halogens is 6. The maximum absolute atomic E-state index is 15.5. The predicted octanol–water partition coefficient (Wildman–Crippen LogP) is 4.72. The van der Waals surface area contributed by atoms with Crippen molar-refractivity contribution in [1.82, 2.24) is 60.0 Å². The first kappa shape index (κ1) is 85.4. The van der Waals surface area contributed by atoms with E-state index in [4.69, 9.17) is 9.47 Å². The smallest absolute Gasteiger partial charge is 0.381 e. The second-order valence-corrected chi connectivity index (χ2v) is 31.0. The minimum atomic E-state index is -5.19. The van der Waals surface area contributed by atoms with Crippen LogP contribution in [0.4, 0.5) is 26.3 Å². The van der Waals surface area contributed by atoms with Crippen molar-refractivity contribution in [2.45, 2.75) is 266 Å². The van der Waals surface area contributed by atoms with Crippen LogP contribution in [-0.4, -0.2) is 302 Å². The lowest BCUT2D eigenvalue weighted by Gasteiger charge is -2.46. The van der Waals surface area contributed by atoms with Gasteiger partial charge in [0.1, 0.15) is 78.3 Å². The van der Waals surface area contributed by atoms with Gasteiger partial charge >= 0.3 is 6.18 Å². The van der Waals surface area contributed by atoms with Crippen LogP contribution in [0.3, 0.4) is 0 Å². The number of amides is 12. The lowest BCUT2D eigenvalue weighted by molar-refractivity contribution is -0.219. The average molecular weight is 1500 g/mol. The lowest BCUT2D eigenvalue weighted by atomic mass is 9.74. The number of alkyl halides is 6. The summed E-state index contributed by atoms with van der Waals surface area (Å²) in [6.07, 6.45) is -11.1. The first-order chi connectivity index (χ1) is 49.4. The average Bonchev–Trinajstić information content (AvgIpc) is 1.69. The Bertz CT molecular complexity index is 3080. The van der Waals surface area contributed by atoms with Gasteiger partial charge < -0.3 is 69.5 Å². The maximum atomic E-state index is 15.5. The summed E-state index contributed by atoms with van der Waals surface area (Å²) >= 11 is 0. The summed E-state index contributed by atoms with van der Waals surface area (Å²) in [4.78, 5) is 191. The van der Waals surface area contributed by atoms with Gasteiger partial charge in [-0.3, -0.25) is 57.5 Å². The number of hydrogen-bond donors (Lipinski definition) is 3. The van der Waals surface area contributed by atoms with Gasteiger partial charge in [0.15, 0.2) is 0 Å². The summed E-state index contributed by atoms with van der Waals surface area (Å²) in [5, 5.41) is 8.46. The molecule has 3 aliphatic heterocycles. The topological polar surface area (TPSA) is 289 Å². The molecule has 0 radical (unpaired) electrons. The van der Waals surface area contributed by atoms with Gasteiger partial charge in [0, 0.05) is 96.0 Å². The largest absolute Gasteiger partial charge is 0.397 e. The second-order valence-electron chi connectivity index (χ2n) is 31.0. The number of hydrogen-bond acceptors (Lipinski definition) is 14. The molecule has 7 rings (SSSR count). The molecule has 2 bridgehead atoms. The molecule has 7 aliphatic rings. The van der Waals surface area contributed by atoms with Gasteiger partial charge in [-0.1, -0.05) is 52.9 Å². The summed E-state index contributed by atoms with van der Waals surface area (Å²) < 4.78 is 99.8. The summed E-state index contributed by atoms with van der Waals surface area (Å²) in [5.74, 6) is -14.4. The molecule has 1 spiro atoms. The predicted molar refractivity (Wildman–Crippen MR) is 374 cm³/mol. The van der Waals surface area contributed by atoms with E-state index in [1.165, 1.54) is 83.1 Å². The molecule has 3 saturated heterocycles. The van der Waals surface area contributed by atoms with Crippen molar-refractivity contribution in [1.29, 1.82) is 0 Å². The van der Waals surface area contributed by atoms with Crippen LogP contribution in [0, 0.1) is 29.6 Å². The zero-order chi connectivity index (χ0) is 77.9. The van der Waals surface area contributed by atoms with Gasteiger partial charge in [-0.05, 0) is 127 Å². The fourth-order valence-electron chi connectivity index (χ4n) is 17.0. The molecule has 32 heteroatoms. The van der Waals surface area contributed by atoms with Crippen molar-refractivity contribution in [2.75, 3.05) is 96.3 Å². The van der Waals surface area contributed by atoms with E-state index in [2.05, 4.69) is 16.0 Å². The van der Waals surface area contributed by atoms with Crippen molar-refractivity contribution in [2.24, 2.45) is 29.6 Å². The minimum Gasteiger partial charge on any atom is -0.381 e. The monoisotopic (exact) mass is 1500 g/mol. The first-order valence-electron chi connectivity index (χ1n) is 37.9. The maximum Gasteiger partial charge on any atom is 0.397 e. The van der Waals surface area contributed by atoms with Crippen molar-refractivity contribution in [3.05, 3.63) is 0 Å². The van der Waals surface area contributed by atoms with Crippen molar-refractivity contribution >= 4 is 70.9 Å². The Labute approximate surface area is 614 Å². The molecule has 0 aromatic heterocycles. The molecule has 15 atom stereocenters. The molecular formula is C73H116F6N12O14. The molecule has 4 saturated carbocycles. The molecule has 0 aromatic carbocycles. The fourth-order valence-corrected chi connectivity index (χ4v) is 17.0. The van der Waals surface area contributed by atoms with E-state index < -0.39 is 230 Å². The number of ether oxygens (including phenoxy) is 2. The van der Waals surface area contributed by atoms with Crippen LogP contribution < -0.4 is 16.0 Å². The Hall–Kier alpha value is -6.86. The molecular weight excluding hydrogens is 1380 g/mol. The van der Waals surface area contributed by atoms with E-state index in [1.807, 2.05) is 0 Å². The Morgan fingerprint density at radius 2 is 1.29 bits per heavy atom. The van der Waals surface area contributed by atoms with E-state index in [-0.39, 0.29) is 83.9 Å². The third-order valence-electron chi connectivity index (χ3n) is 23.7. The first-order valence-corrected chi connectivity index (χ1v) is 37.9. The van der Waals surface area contributed by atoms with E-state index in [0.717, 1.165) is 24.5 Å². The van der Waals surface area contributed by atoms with Gasteiger partial charge in [0.2, 0.25) is 70.9 Å². The second kappa shape index (κ2) is 37.3. The van der Waals surface area contributed by atoms with Gasteiger partial charge in [-0.15, -0.1) is 0 Å². The number of rotatable bonds is 13. The number of methoxy groups -OCH3 is 1.